The fourth-order valence-corrected chi connectivity index (χ4v) is 6.60. The second-order valence-electron chi connectivity index (χ2n) is 11.7. The first kappa shape index (κ1) is 25.9. The molecule has 0 atom stereocenters. The van der Waals surface area contributed by atoms with E-state index in [0.717, 1.165) is 48.9 Å². The Bertz CT molecular complexity index is 1710. The zero-order valence-corrected chi connectivity index (χ0v) is 23.4. The SMILES string of the molecule is CN1CCC(Cn2c(C3CCN(C(=O)c4ccc5c(cnn5-c5cccc(F)c5)c4)CC3)nc3ccccc32)CC1. The molecule has 2 aliphatic heterocycles. The molecule has 3 aromatic carbocycles. The van der Waals surface area contributed by atoms with Crippen molar-refractivity contribution in [3.05, 3.63) is 90.1 Å². The van der Waals surface area contributed by atoms with Crippen molar-refractivity contribution in [1.82, 2.24) is 29.1 Å². The van der Waals surface area contributed by atoms with Gasteiger partial charge in [-0.2, -0.15) is 5.10 Å². The molecule has 5 aromatic rings. The van der Waals surface area contributed by atoms with Crippen LogP contribution in [0.25, 0.3) is 27.6 Å². The molecule has 2 aromatic heterocycles. The number of carbonyl (C=O) groups is 1. The fourth-order valence-electron chi connectivity index (χ4n) is 6.60. The molecular formula is C33H35FN6O. The number of halogens is 1. The molecule has 1 amide bonds. The summed E-state index contributed by atoms with van der Waals surface area (Å²) >= 11 is 0. The number of hydrogen-bond donors (Lipinski definition) is 0. The van der Waals surface area contributed by atoms with E-state index >= 15 is 0 Å². The van der Waals surface area contributed by atoms with Gasteiger partial charge in [-0.05, 0) is 100 Å². The molecule has 210 valence electrons. The zero-order chi connectivity index (χ0) is 27.9. The molecule has 7 nitrogen and oxygen atoms in total. The Hall–Kier alpha value is -4.04. The van der Waals surface area contributed by atoms with Crippen LogP contribution in [0.4, 0.5) is 4.39 Å². The van der Waals surface area contributed by atoms with Crippen molar-refractivity contribution in [1.29, 1.82) is 0 Å². The van der Waals surface area contributed by atoms with Gasteiger partial charge in [0.25, 0.3) is 5.91 Å². The third kappa shape index (κ3) is 5.01. The van der Waals surface area contributed by atoms with Crippen LogP contribution >= 0.6 is 0 Å². The van der Waals surface area contributed by atoms with Crippen LogP contribution in [0.5, 0.6) is 0 Å². The summed E-state index contributed by atoms with van der Waals surface area (Å²) < 4.78 is 18.0. The summed E-state index contributed by atoms with van der Waals surface area (Å²) in [6.07, 6.45) is 5.99. The highest BCUT2D eigenvalue weighted by atomic mass is 19.1. The predicted molar refractivity (Wildman–Crippen MR) is 159 cm³/mol. The number of fused-ring (bicyclic) bond motifs is 2. The number of hydrogen-bond acceptors (Lipinski definition) is 4. The maximum atomic E-state index is 13.8. The quantitative estimate of drug-likeness (QED) is 0.274. The molecule has 0 N–H and O–H groups in total. The van der Waals surface area contributed by atoms with E-state index in [4.69, 9.17) is 4.98 Å². The summed E-state index contributed by atoms with van der Waals surface area (Å²) in [4.78, 5) is 23.0. The van der Waals surface area contributed by atoms with Gasteiger partial charge in [0.15, 0.2) is 0 Å². The lowest BCUT2D eigenvalue weighted by Gasteiger charge is -2.33. The maximum absolute atomic E-state index is 13.8. The van der Waals surface area contributed by atoms with Crippen LogP contribution in [0.1, 0.15) is 47.8 Å². The first-order chi connectivity index (χ1) is 20.0. The third-order valence-electron chi connectivity index (χ3n) is 8.98. The maximum Gasteiger partial charge on any atom is 0.253 e. The Balaban J connectivity index is 1.07. The summed E-state index contributed by atoms with van der Waals surface area (Å²) in [6.45, 7) is 4.75. The molecule has 2 aliphatic rings. The van der Waals surface area contributed by atoms with E-state index in [1.807, 2.05) is 29.2 Å². The second kappa shape index (κ2) is 10.7. The number of piperidine rings is 2. The average Bonchev–Trinajstić information content (AvgIpc) is 3.59. The number of imidazole rings is 1. The molecule has 2 saturated heterocycles. The highest BCUT2D eigenvalue weighted by Gasteiger charge is 2.29. The Morgan fingerprint density at radius 3 is 2.51 bits per heavy atom. The predicted octanol–water partition coefficient (Wildman–Crippen LogP) is 5.88. The molecule has 0 unspecified atom stereocenters. The van der Waals surface area contributed by atoms with Crippen molar-refractivity contribution in [2.24, 2.45) is 5.92 Å². The Morgan fingerprint density at radius 1 is 0.902 bits per heavy atom. The van der Waals surface area contributed by atoms with Crippen molar-refractivity contribution in [3.63, 3.8) is 0 Å². The van der Waals surface area contributed by atoms with Gasteiger partial charge in [-0.25, -0.2) is 14.1 Å². The molecule has 2 fully saturated rings. The van der Waals surface area contributed by atoms with Crippen molar-refractivity contribution in [2.75, 3.05) is 33.2 Å². The minimum Gasteiger partial charge on any atom is -0.339 e. The Kier molecular flexibility index (Phi) is 6.79. The van der Waals surface area contributed by atoms with Gasteiger partial charge in [0.1, 0.15) is 11.6 Å². The molecule has 0 bridgehead atoms. The van der Waals surface area contributed by atoms with Crippen LogP contribution in [0.2, 0.25) is 0 Å². The molecule has 0 spiro atoms. The highest BCUT2D eigenvalue weighted by Crippen LogP contribution is 2.33. The average molecular weight is 551 g/mol. The van der Waals surface area contributed by atoms with Crippen LogP contribution < -0.4 is 0 Å². The Labute approximate surface area is 239 Å². The largest absolute Gasteiger partial charge is 0.339 e. The number of para-hydroxylation sites is 2. The lowest BCUT2D eigenvalue weighted by Crippen LogP contribution is -2.38. The van der Waals surface area contributed by atoms with E-state index in [1.54, 1.807) is 16.9 Å². The minimum atomic E-state index is -0.307. The highest BCUT2D eigenvalue weighted by molar-refractivity contribution is 5.98. The number of likely N-dealkylation sites (tertiary alicyclic amines) is 2. The number of rotatable bonds is 5. The van der Waals surface area contributed by atoms with E-state index in [0.29, 0.717) is 36.2 Å². The standard InChI is InChI=1S/C33H35FN6O/c1-37-15-11-23(12-16-37)22-39-31-8-3-2-7-29(31)36-32(39)24-13-17-38(18-14-24)33(41)25-9-10-30-26(19-25)21-35-40(30)28-6-4-5-27(34)20-28/h2-10,19-21,23-24H,11-18,22H2,1H3. The van der Waals surface area contributed by atoms with Crippen LogP contribution in [-0.2, 0) is 6.54 Å². The van der Waals surface area contributed by atoms with Gasteiger partial charge in [0, 0.05) is 36.5 Å². The summed E-state index contributed by atoms with van der Waals surface area (Å²) in [5, 5.41) is 5.31. The van der Waals surface area contributed by atoms with Crippen molar-refractivity contribution in [3.8, 4) is 5.69 Å². The summed E-state index contributed by atoms with van der Waals surface area (Å²) in [6, 6.07) is 20.5. The number of benzene rings is 3. The van der Waals surface area contributed by atoms with Crippen molar-refractivity contribution >= 4 is 27.8 Å². The van der Waals surface area contributed by atoms with E-state index in [-0.39, 0.29) is 11.7 Å². The number of aromatic nitrogens is 4. The molecule has 0 aliphatic carbocycles. The van der Waals surface area contributed by atoms with Crippen LogP contribution in [0.3, 0.4) is 0 Å². The van der Waals surface area contributed by atoms with Gasteiger partial charge in [0.05, 0.1) is 28.4 Å². The number of amides is 1. The molecule has 7 rings (SSSR count). The summed E-state index contributed by atoms with van der Waals surface area (Å²) in [5.41, 5.74) is 4.45. The van der Waals surface area contributed by atoms with E-state index < -0.39 is 0 Å². The van der Waals surface area contributed by atoms with Crippen molar-refractivity contribution in [2.45, 2.75) is 38.1 Å². The van der Waals surface area contributed by atoms with Gasteiger partial charge >= 0.3 is 0 Å². The van der Waals surface area contributed by atoms with Gasteiger partial charge in [0.2, 0.25) is 0 Å². The third-order valence-corrected chi connectivity index (χ3v) is 8.98. The molecule has 0 radical (unpaired) electrons. The number of nitrogens with zero attached hydrogens (tertiary/aromatic N) is 6. The number of carbonyl (C=O) groups excluding carboxylic acids is 1. The molecule has 8 heteroatoms. The van der Waals surface area contributed by atoms with Gasteiger partial charge in [-0.3, -0.25) is 4.79 Å². The van der Waals surface area contributed by atoms with Gasteiger partial charge in [-0.1, -0.05) is 18.2 Å². The first-order valence-electron chi connectivity index (χ1n) is 14.7. The van der Waals surface area contributed by atoms with E-state index in [2.05, 4.69) is 45.9 Å². The molecular weight excluding hydrogens is 515 g/mol. The van der Waals surface area contributed by atoms with E-state index in [9.17, 15) is 9.18 Å². The lowest BCUT2D eigenvalue weighted by atomic mass is 9.94. The van der Waals surface area contributed by atoms with Crippen LogP contribution in [0, 0.1) is 11.7 Å². The normalized spacial score (nSPS) is 17.6. The van der Waals surface area contributed by atoms with E-state index in [1.165, 1.54) is 36.3 Å². The summed E-state index contributed by atoms with van der Waals surface area (Å²) in [5.74, 6) is 1.93. The van der Waals surface area contributed by atoms with Gasteiger partial charge < -0.3 is 14.4 Å². The molecule has 4 heterocycles. The lowest BCUT2D eigenvalue weighted by molar-refractivity contribution is 0.0710. The second-order valence-corrected chi connectivity index (χ2v) is 11.7. The smallest absolute Gasteiger partial charge is 0.253 e. The van der Waals surface area contributed by atoms with Crippen LogP contribution in [-0.4, -0.2) is 68.3 Å². The first-order valence-corrected chi connectivity index (χ1v) is 14.7. The summed E-state index contributed by atoms with van der Waals surface area (Å²) in [7, 11) is 2.21. The van der Waals surface area contributed by atoms with Gasteiger partial charge in [-0.15, -0.1) is 0 Å². The fraction of sp³-hybridized carbons (Fsp3) is 0.364. The van der Waals surface area contributed by atoms with Crippen molar-refractivity contribution < 1.29 is 9.18 Å². The minimum absolute atomic E-state index is 0.0451. The zero-order valence-electron chi connectivity index (χ0n) is 23.4. The molecule has 0 saturated carbocycles. The molecule has 41 heavy (non-hydrogen) atoms. The van der Waals surface area contributed by atoms with Crippen LogP contribution in [0.15, 0.2) is 72.9 Å². The Morgan fingerprint density at radius 2 is 1.71 bits per heavy atom. The topological polar surface area (TPSA) is 59.2 Å². The monoisotopic (exact) mass is 550 g/mol.